The van der Waals surface area contributed by atoms with E-state index in [1.165, 1.54) is 19.3 Å². The first-order chi connectivity index (χ1) is 5.67. The summed E-state index contributed by atoms with van der Waals surface area (Å²) in [6.07, 6.45) is 6.51. The number of alkyl halides is 2. The summed E-state index contributed by atoms with van der Waals surface area (Å²) < 4.78 is -0.685. The van der Waals surface area contributed by atoms with Crippen LogP contribution in [0.3, 0.4) is 0 Å². The van der Waals surface area contributed by atoms with Crippen molar-refractivity contribution < 1.29 is 5.11 Å². The highest BCUT2D eigenvalue weighted by Gasteiger charge is 2.34. The van der Waals surface area contributed by atoms with Crippen LogP contribution in [0.15, 0.2) is 0 Å². The van der Waals surface area contributed by atoms with Crippen molar-refractivity contribution in [1.82, 2.24) is 0 Å². The highest BCUT2D eigenvalue weighted by Crippen LogP contribution is 2.42. The van der Waals surface area contributed by atoms with Gasteiger partial charge in [-0.1, -0.05) is 19.3 Å². The molecule has 0 saturated heterocycles. The van der Waals surface area contributed by atoms with Crippen LogP contribution in [-0.4, -0.2) is 16.0 Å². The molecule has 1 aliphatic rings. The van der Waals surface area contributed by atoms with Gasteiger partial charge in [0.25, 0.3) is 0 Å². The molecule has 1 fully saturated rings. The molecule has 0 aromatic carbocycles. The van der Waals surface area contributed by atoms with E-state index in [1.807, 2.05) is 0 Å². The minimum absolute atomic E-state index is 0.0868. The summed E-state index contributed by atoms with van der Waals surface area (Å²) in [5, 5.41) is 8.76. The average molecular weight is 211 g/mol. The fraction of sp³-hybridized carbons (Fsp3) is 1.00. The maximum atomic E-state index is 8.76. The second kappa shape index (κ2) is 4.69. The van der Waals surface area contributed by atoms with Gasteiger partial charge in [-0.25, -0.2) is 0 Å². The van der Waals surface area contributed by atoms with Crippen LogP contribution in [0.5, 0.6) is 0 Å². The molecule has 0 aromatic heterocycles. The normalized spacial score (nSPS) is 21.2. The lowest BCUT2D eigenvalue weighted by Gasteiger charge is -2.32. The van der Waals surface area contributed by atoms with Crippen molar-refractivity contribution >= 4 is 23.2 Å². The van der Waals surface area contributed by atoms with Gasteiger partial charge in [-0.05, 0) is 18.8 Å². The van der Waals surface area contributed by atoms with Gasteiger partial charge in [0.1, 0.15) is 4.33 Å². The largest absolute Gasteiger partial charge is 0.396 e. The molecule has 0 unspecified atom stereocenters. The van der Waals surface area contributed by atoms with Crippen LogP contribution in [0, 0.1) is 5.92 Å². The molecule has 1 saturated carbocycles. The average Bonchev–Trinajstić information content (AvgIpc) is 2.06. The predicted octanol–water partition coefficient (Wildman–Crippen LogP) is 3.12. The smallest absolute Gasteiger partial charge is 0.123 e. The molecular weight excluding hydrogens is 195 g/mol. The van der Waals surface area contributed by atoms with Gasteiger partial charge in [-0.3, -0.25) is 0 Å². The Hall–Kier alpha value is 0.540. The summed E-state index contributed by atoms with van der Waals surface area (Å²) in [4.78, 5) is 0. The summed E-state index contributed by atoms with van der Waals surface area (Å²) >= 11 is 12.2. The molecule has 3 heteroatoms. The van der Waals surface area contributed by atoms with E-state index < -0.39 is 4.33 Å². The lowest BCUT2D eigenvalue weighted by molar-refractivity contribution is 0.243. The molecular formula is C9H16Cl2O. The van der Waals surface area contributed by atoms with Gasteiger partial charge in [-0.15, -0.1) is 23.2 Å². The molecule has 1 rings (SSSR count). The van der Waals surface area contributed by atoms with Crippen LogP contribution < -0.4 is 0 Å². The summed E-state index contributed by atoms with van der Waals surface area (Å²) in [6, 6.07) is 0. The third kappa shape index (κ3) is 2.79. The monoisotopic (exact) mass is 210 g/mol. The van der Waals surface area contributed by atoms with Crippen molar-refractivity contribution in [1.29, 1.82) is 0 Å². The Morgan fingerprint density at radius 1 is 1.17 bits per heavy atom. The molecule has 0 atom stereocenters. The molecule has 0 heterocycles. The van der Waals surface area contributed by atoms with Crippen LogP contribution >= 0.6 is 23.2 Å². The van der Waals surface area contributed by atoms with Crippen LogP contribution in [0.1, 0.15) is 38.5 Å². The quantitative estimate of drug-likeness (QED) is 0.711. The zero-order chi connectivity index (χ0) is 9.03. The number of aliphatic hydroxyl groups is 1. The minimum Gasteiger partial charge on any atom is -0.396 e. The minimum atomic E-state index is -0.685. The van der Waals surface area contributed by atoms with Crippen LogP contribution in [0.2, 0.25) is 0 Å². The van der Waals surface area contributed by atoms with Gasteiger partial charge in [-0.2, -0.15) is 0 Å². The van der Waals surface area contributed by atoms with Crippen molar-refractivity contribution in [3.63, 3.8) is 0 Å². The van der Waals surface area contributed by atoms with Crippen LogP contribution in [0.25, 0.3) is 0 Å². The summed E-state index contributed by atoms with van der Waals surface area (Å²) in [5.41, 5.74) is 0. The van der Waals surface area contributed by atoms with Gasteiger partial charge in [0.05, 0.1) is 0 Å². The third-order valence-electron chi connectivity index (χ3n) is 2.65. The van der Waals surface area contributed by atoms with Gasteiger partial charge < -0.3 is 5.11 Å². The summed E-state index contributed by atoms with van der Waals surface area (Å²) in [7, 11) is 0. The van der Waals surface area contributed by atoms with Crippen molar-refractivity contribution in [3.05, 3.63) is 0 Å². The molecule has 12 heavy (non-hydrogen) atoms. The van der Waals surface area contributed by atoms with Gasteiger partial charge in [0.15, 0.2) is 0 Å². The Morgan fingerprint density at radius 3 is 2.25 bits per heavy atom. The van der Waals surface area contributed by atoms with Gasteiger partial charge >= 0.3 is 0 Å². The molecule has 0 aromatic rings. The maximum absolute atomic E-state index is 8.76. The molecule has 0 bridgehead atoms. The topological polar surface area (TPSA) is 20.2 Å². The van der Waals surface area contributed by atoms with E-state index in [0.29, 0.717) is 12.3 Å². The van der Waals surface area contributed by atoms with Gasteiger partial charge in [0.2, 0.25) is 0 Å². The van der Waals surface area contributed by atoms with E-state index >= 15 is 0 Å². The van der Waals surface area contributed by atoms with Crippen molar-refractivity contribution in [2.24, 2.45) is 5.92 Å². The van der Waals surface area contributed by atoms with E-state index in [1.54, 1.807) is 0 Å². The molecule has 1 nitrogen and oxygen atoms in total. The summed E-state index contributed by atoms with van der Waals surface area (Å²) in [6.45, 7) is 0.0868. The second-order valence-corrected chi connectivity index (χ2v) is 5.11. The maximum Gasteiger partial charge on any atom is 0.123 e. The van der Waals surface area contributed by atoms with E-state index in [2.05, 4.69) is 0 Å². The molecule has 72 valence electrons. The molecule has 0 spiro atoms. The third-order valence-corrected chi connectivity index (χ3v) is 3.64. The second-order valence-electron chi connectivity index (χ2n) is 3.57. The van der Waals surface area contributed by atoms with Crippen LogP contribution in [-0.2, 0) is 0 Å². The molecule has 1 N–H and O–H groups in total. The molecule has 0 aliphatic heterocycles. The van der Waals surface area contributed by atoms with Gasteiger partial charge in [0, 0.05) is 13.0 Å². The Labute approximate surface area is 84.1 Å². The number of hydrogen-bond donors (Lipinski definition) is 1. The first kappa shape index (κ1) is 10.6. The zero-order valence-corrected chi connectivity index (χ0v) is 8.74. The van der Waals surface area contributed by atoms with E-state index in [4.69, 9.17) is 28.3 Å². The molecule has 1 aliphatic carbocycles. The zero-order valence-electron chi connectivity index (χ0n) is 7.23. The van der Waals surface area contributed by atoms with E-state index in [-0.39, 0.29) is 6.61 Å². The fourth-order valence-electron chi connectivity index (χ4n) is 1.88. The van der Waals surface area contributed by atoms with Crippen molar-refractivity contribution in [2.45, 2.75) is 42.9 Å². The predicted molar refractivity (Wildman–Crippen MR) is 52.7 cm³/mol. The lowest BCUT2D eigenvalue weighted by atomic mass is 9.85. The number of hydrogen-bond acceptors (Lipinski definition) is 1. The SMILES string of the molecule is OCCC(Cl)(Cl)C1CCCCC1. The molecule has 0 amide bonds. The fourth-order valence-corrected chi connectivity index (χ4v) is 2.48. The Kier molecular flexibility index (Phi) is 4.15. The number of rotatable bonds is 3. The first-order valence-corrected chi connectivity index (χ1v) is 5.41. The van der Waals surface area contributed by atoms with E-state index in [0.717, 1.165) is 12.8 Å². The highest BCUT2D eigenvalue weighted by molar-refractivity contribution is 6.48. The van der Waals surface area contributed by atoms with Crippen molar-refractivity contribution in [2.75, 3.05) is 6.61 Å². The van der Waals surface area contributed by atoms with E-state index in [9.17, 15) is 0 Å². The Bertz CT molecular complexity index is 130. The molecule has 0 radical (unpaired) electrons. The standard InChI is InChI=1S/C9H16Cl2O/c10-9(11,6-7-12)8-4-2-1-3-5-8/h8,12H,1-7H2. The first-order valence-electron chi connectivity index (χ1n) is 4.65. The summed E-state index contributed by atoms with van der Waals surface area (Å²) in [5.74, 6) is 0.390. The number of aliphatic hydroxyl groups excluding tert-OH is 1. The Morgan fingerprint density at radius 2 is 1.75 bits per heavy atom. The Balaban J connectivity index is 2.41. The van der Waals surface area contributed by atoms with Crippen LogP contribution in [0.4, 0.5) is 0 Å². The lowest BCUT2D eigenvalue weighted by Crippen LogP contribution is -2.28. The highest BCUT2D eigenvalue weighted by atomic mass is 35.5. The van der Waals surface area contributed by atoms with Crippen molar-refractivity contribution in [3.8, 4) is 0 Å². The number of halogens is 2.